The molecule has 6 nitrogen and oxygen atoms in total. The molecule has 7 heteroatoms. The number of carbonyl (C=O) groups excluding carboxylic acids is 1. The fourth-order valence-electron chi connectivity index (χ4n) is 1.20. The van der Waals surface area contributed by atoms with Gasteiger partial charge in [0.05, 0.1) is 0 Å². The third-order valence-corrected chi connectivity index (χ3v) is 2.72. The van der Waals surface area contributed by atoms with E-state index in [0.717, 1.165) is 0 Å². The smallest absolute Gasteiger partial charge is 0.326 e. The first-order valence-electron chi connectivity index (χ1n) is 5.00. The van der Waals surface area contributed by atoms with Crippen molar-refractivity contribution in [1.82, 2.24) is 10.5 Å². The van der Waals surface area contributed by atoms with Crippen LogP contribution in [-0.2, 0) is 4.79 Å². The molecular formula is C10H14N2O4S. The zero-order valence-electron chi connectivity index (χ0n) is 9.60. The van der Waals surface area contributed by atoms with E-state index in [1.807, 2.05) is 6.26 Å². The van der Waals surface area contributed by atoms with Crippen LogP contribution in [0.15, 0.2) is 10.6 Å². The largest absolute Gasteiger partial charge is 0.480 e. The van der Waals surface area contributed by atoms with E-state index in [-0.39, 0.29) is 5.69 Å². The van der Waals surface area contributed by atoms with Crippen molar-refractivity contribution in [3.05, 3.63) is 17.5 Å². The van der Waals surface area contributed by atoms with Gasteiger partial charge in [0.1, 0.15) is 11.8 Å². The van der Waals surface area contributed by atoms with Crippen molar-refractivity contribution in [2.75, 3.05) is 12.0 Å². The maximum absolute atomic E-state index is 11.6. The molecule has 1 heterocycles. The normalized spacial score (nSPS) is 12.1. The summed E-state index contributed by atoms with van der Waals surface area (Å²) in [5.74, 6) is -0.413. The molecule has 2 N–H and O–H groups in total. The highest BCUT2D eigenvalue weighted by Gasteiger charge is 2.21. The zero-order valence-corrected chi connectivity index (χ0v) is 10.4. The molecule has 0 spiro atoms. The Morgan fingerprint density at radius 1 is 1.65 bits per heavy atom. The molecule has 0 fully saturated rings. The van der Waals surface area contributed by atoms with Crippen molar-refractivity contribution in [3.63, 3.8) is 0 Å². The van der Waals surface area contributed by atoms with Crippen molar-refractivity contribution >= 4 is 23.6 Å². The molecule has 1 aromatic rings. The van der Waals surface area contributed by atoms with Gasteiger partial charge in [0, 0.05) is 6.07 Å². The van der Waals surface area contributed by atoms with E-state index >= 15 is 0 Å². The molecule has 1 atom stereocenters. The quantitative estimate of drug-likeness (QED) is 0.788. The minimum absolute atomic E-state index is 0.0953. The standard InChI is InChI=1S/C10H14N2O4S/c1-6-5-8(12-16-6)9(13)11-7(10(14)15)3-4-17-2/h5,7H,3-4H2,1-2H3,(H,11,13)(H,14,15)/t7-/m0/s1. The van der Waals surface area contributed by atoms with Gasteiger partial charge >= 0.3 is 5.97 Å². The van der Waals surface area contributed by atoms with E-state index in [4.69, 9.17) is 9.63 Å². The summed E-state index contributed by atoms with van der Waals surface area (Å²) in [7, 11) is 0. The molecule has 0 aliphatic carbocycles. The summed E-state index contributed by atoms with van der Waals surface area (Å²) < 4.78 is 4.75. The Bertz CT molecular complexity index is 405. The minimum Gasteiger partial charge on any atom is -0.480 e. The third kappa shape index (κ3) is 4.10. The summed E-state index contributed by atoms with van der Waals surface area (Å²) in [6.07, 6.45) is 2.25. The number of aryl methyl sites for hydroxylation is 1. The molecule has 1 amide bonds. The number of carboxylic acid groups (broad SMARTS) is 1. The van der Waals surface area contributed by atoms with Crippen LogP contribution in [0.1, 0.15) is 22.7 Å². The average molecular weight is 258 g/mol. The fraction of sp³-hybridized carbons (Fsp3) is 0.500. The Morgan fingerprint density at radius 3 is 2.82 bits per heavy atom. The van der Waals surface area contributed by atoms with Crippen molar-refractivity contribution in [2.24, 2.45) is 0 Å². The van der Waals surface area contributed by atoms with Gasteiger partial charge in [-0.15, -0.1) is 0 Å². The number of carbonyl (C=O) groups is 2. The molecule has 1 rings (SSSR count). The van der Waals surface area contributed by atoms with Gasteiger partial charge in [0.25, 0.3) is 5.91 Å². The summed E-state index contributed by atoms with van der Waals surface area (Å²) in [6.45, 7) is 1.66. The number of rotatable bonds is 6. The van der Waals surface area contributed by atoms with Crippen LogP contribution in [-0.4, -0.2) is 40.2 Å². The molecule has 0 unspecified atom stereocenters. The van der Waals surface area contributed by atoms with Gasteiger partial charge in [-0.1, -0.05) is 5.16 Å². The van der Waals surface area contributed by atoms with E-state index in [2.05, 4.69) is 10.5 Å². The predicted molar refractivity (Wildman–Crippen MR) is 63.1 cm³/mol. The number of hydrogen-bond donors (Lipinski definition) is 2. The number of aliphatic carboxylic acids is 1. The van der Waals surface area contributed by atoms with Crippen molar-refractivity contribution in [1.29, 1.82) is 0 Å². The Hall–Kier alpha value is -1.50. The van der Waals surface area contributed by atoms with Gasteiger partial charge in [-0.3, -0.25) is 4.79 Å². The second-order valence-electron chi connectivity index (χ2n) is 3.47. The molecular weight excluding hydrogens is 244 g/mol. The second-order valence-corrected chi connectivity index (χ2v) is 4.45. The predicted octanol–water partition coefficient (Wildman–Crippen LogP) is 0.919. The van der Waals surface area contributed by atoms with Gasteiger partial charge in [-0.05, 0) is 25.4 Å². The van der Waals surface area contributed by atoms with Gasteiger partial charge in [0.15, 0.2) is 5.69 Å². The van der Waals surface area contributed by atoms with Crippen LogP contribution in [0, 0.1) is 6.92 Å². The number of nitrogens with zero attached hydrogens (tertiary/aromatic N) is 1. The zero-order chi connectivity index (χ0) is 12.8. The van der Waals surface area contributed by atoms with E-state index in [1.165, 1.54) is 17.8 Å². The molecule has 0 saturated heterocycles. The fourth-order valence-corrected chi connectivity index (χ4v) is 1.67. The van der Waals surface area contributed by atoms with E-state index in [1.54, 1.807) is 6.92 Å². The Balaban J connectivity index is 2.60. The van der Waals surface area contributed by atoms with Crippen LogP contribution in [0.4, 0.5) is 0 Å². The van der Waals surface area contributed by atoms with E-state index in [0.29, 0.717) is 17.9 Å². The molecule has 0 aliphatic rings. The van der Waals surface area contributed by atoms with Gasteiger partial charge < -0.3 is 14.9 Å². The molecule has 17 heavy (non-hydrogen) atoms. The summed E-state index contributed by atoms with van der Waals surface area (Å²) >= 11 is 1.53. The summed E-state index contributed by atoms with van der Waals surface area (Å²) in [6, 6.07) is 0.565. The van der Waals surface area contributed by atoms with E-state index < -0.39 is 17.9 Å². The molecule has 0 radical (unpaired) electrons. The van der Waals surface area contributed by atoms with Crippen molar-refractivity contribution < 1.29 is 19.2 Å². The Kier molecular flexibility index (Phi) is 5.02. The van der Waals surface area contributed by atoms with E-state index in [9.17, 15) is 9.59 Å². The van der Waals surface area contributed by atoms with Crippen LogP contribution in [0.5, 0.6) is 0 Å². The topological polar surface area (TPSA) is 92.4 Å². The highest BCUT2D eigenvalue weighted by atomic mass is 32.2. The Morgan fingerprint density at radius 2 is 2.35 bits per heavy atom. The lowest BCUT2D eigenvalue weighted by atomic mass is 10.2. The molecule has 0 aliphatic heterocycles. The lowest BCUT2D eigenvalue weighted by Gasteiger charge is -2.12. The van der Waals surface area contributed by atoms with Gasteiger partial charge in [-0.25, -0.2) is 4.79 Å². The van der Waals surface area contributed by atoms with Gasteiger partial charge in [-0.2, -0.15) is 11.8 Å². The lowest BCUT2D eigenvalue weighted by molar-refractivity contribution is -0.139. The molecule has 0 aromatic carbocycles. The van der Waals surface area contributed by atoms with Crippen LogP contribution in [0.2, 0.25) is 0 Å². The number of hydrogen-bond acceptors (Lipinski definition) is 5. The van der Waals surface area contributed by atoms with Crippen LogP contribution < -0.4 is 5.32 Å². The van der Waals surface area contributed by atoms with Gasteiger partial charge in [0.2, 0.25) is 0 Å². The van der Waals surface area contributed by atoms with Crippen LogP contribution >= 0.6 is 11.8 Å². The minimum atomic E-state index is -1.05. The first-order chi connectivity index (χ1) is 8.04. The second kappa shape index (κ2) is 6.29. The summed E-state index contributed by atoms with van der Waals surface area (Å²) in [5, 5.41) is 14.9. The maximum atomic E-state index is 11.6. The number of thioether (sulfide) groups is 1. The van der Waals surface area contributed by atoms with Crippen LogP contribution in [0.25, 0.3) is 0 Å². The average Bonchev–Trinajstić information content (AvgIpc) is 2.70. The number of nitrogens with one attached hydrogen (secondary N) is 1. The SMILES string of the molecule is CSCC[C@H](NC(=O)c1cc(C)on1)C(=O)O. The Labute approximate surface area is 103 Å². The first kappa shape index (κ1) is 13.6. The highest BCUT2D eigenvalue weighted by molar-refractivity contribution is 7.98. The first-order valence-corrected chi connectivity index (χ1v) is 6.40. The number of amides is 1. The summed E-state index contributed by atoms with van der Waals surface area (Å²) in [5.41, 5.74) is 0.0953. The number of carboxylic acids is 1. The molecule has 0 bridgehead atoms. The monoisotopic (exact) mass is 258 g/mol. The van der Waals surface area contributed by atoms with Crippen molar-refractivity contribution in [2.45, 2.75) is 19.4 Å². The molecule has 0 saturated carbocycles. The number of aromatic nitrogens is 1. The third-order valence-electron chi connectivity index (χ3n) is 2.07. The van der Waals surface area contributed by atoms with Crippen molar-refractivity contribution in [3.8, 4) is 0 Å². The molecule has 94 valence electrons. The summed E-state index contributed by atoms with van der Waals surface area (Å²) in [4.78, 5) is 22.5. The van der Waals surface area contributed by atoms with Crippen LogP contribution in [0.3, 0.4) is 0 Å². The highest BCUT2D eigenvalue weighted by Crippen LogP contribution is 2.05. The molecule has 1 aromatic heterocycles. The lowest BCUT2D eigenvalue weighted by Crippen LogP contribution is -2.41. The maximum Gasteiger partial charge on any atom is 0.326 e.